The molecule has 0 aliphatic carbocycles. The number of amides is 1. The van der Waals surface area contributed by atoms with Crippen LogP contribution < -0.4 is 15.4 Å². The number of H-pyrrole nitrogens is 1. The minimum absolute atomic E-state index is 0.0785. The van der Waals surface area contributed by atoms with Crippen LogP contribution in [0.3, 0.4) is 0 Å². The third kappa shape index (κ3) is 3.39. The summed E-state index contributed by atoms with van der Waals surface area (Å²) < 4.78 is 0. The molecule has 27 heavy (non-hydrogen) atoms. The van der Waals surface area contributed by atoms with E-state index in [9.17, 15) is 14.4 Å². The number of nitrogens with zero attached hydrogens (tertiary/aromatic N) is 2. The van der Waals surface area contributed by atoms with Gasteiger partial charge in [-0.25, -0.2) is 0 Å². The maximum Gasteiger partial charge on any atom is 0.272 e. The summed E-state index contributed by atoms with van der Waals surface area (Å²) in [6, 6.07) is 7.12. The number of rotatable bonds is 5. The molecule has 3 rings (SSSR count). The van der Waals surface area contributed by atoms with E-state index in [4.69, 9.17) is 0 Å². The molecule has 1 aliphatic rings. The lowest BCUT2D eigenvalue weighted by atomic mass is 9.94. The van der Waals surface area contributed by atoms with Crippen molar-refractivity contribution in [2.24, 2.45) is 0 Å². The predicted octanol–water partition coefficient (Wildman–Crippen LogP) is 2.67. The van der Waals surface area contributed by atoms with E-state index in [1.807, 2.05) is 19.9 Å². The first-order valence-electron chi connectivity index (χ1n) is 9.23. The van der Waals surface area contributed by atoms with E-state index in [-0.39, 0.29) is 17.2 Å². The highest BCUT2D eigenvalue weighted by Crippen LogP contribution is 2.27. The molecule has 1 aliphatic heterocycles. The second-order valence-corrected chi connectivity index (χ2v) is 7.06. The second kappa shape index (κ2) is 7.39. The minimum Gasteiger partial charge on any atom is -0.373 e. The Labute approximate surface area is 158 Å². The molecule has 1 fully saturated rings. The Hall–Kier alpha value is -2.89. The molecular weight excluding hydrogens is 342 g/mol. The summed E-state index contributed by atoms with van der Waals surface area (Å²) in [4.78, 5) is 44.2. The van der Waals surface area contributed by atoms with Crippen molar-refractivity contribution in [1.29, 1.82) is 0 Å². The van der Waals surface area contributed by atoms with Crippen molar-refractivity contribution < 1.29 is 9.59 Å². The molecule has 142 valence electrons. The number of hydrogen-bond donors (Lipinski definition) is 1. The van der Waals surface area contributed by atoms with Crippen molar-refractivity contribution in [3.8, 4) is 0 Å². The van der Waals surface area contributed by atoms with Crippen LogP contribution in [0.5, 0.6) is 0 Å². The van der Waals surface area contributed by atoms with Gasteiger partial charge in [-0.05, 0) is 37.5 Å². The van der Waals surface area contributed by atoms with E-state index in [0.717, 1.165) is 17.7 Å². The Kier molecular flexibility index (Phi) is 5.17. The monoisotopic (exact) mass is 367 g/mol. The molecule has 0 saturated carbocycles. The number of aryl methyl sites for hydroxylation is 1. The quantitative estimate of drug-likeness (QED) is 0.825. The molecule has 1 aromatic heterocycles. The van der Waals surface area contributed by atoms with Gasteiger partial charge in [0.05, 0.1) is 5.56 Å². The Balaban J connectivity index is 2.14. The number of aromatic amines is 1. The Morgan fingerprint density at radius 2 is 2.00 bits per heavy atom. The van der Waals surface area contributed by atoms with Gasteiger partial charge < -0.3 is 14.8 Å². The highest BCUT2D eigenvalue weighted by Gasteiger charge is 2.26. The SMILES string of the molecule is CCc1c(C)[nH]c(=O)c(N(C)C)c1C(=O)c1cccc(N2CCCC2=O)c1. The van der Waals surface area contributed by atoms with Crippen molar-refractivity contribution in [1.82, 2.24) is 4.98 Å². The zero-order valence-corrected chi connectivity index (χ0v) is 16.3. The molecule has 1 amide bonds. The van der Waals surface area contributed by atoms with Gasteiger partial charge in [-0.1, -0.05) is 19.1 Å². The van der Waals surface area contributed by atoms with Crippen LogP contribution in [0.15, 0.2) is 29.1 Å². The van der Waals surface area contributed by atoms with E-state index in [1.165, 1.54) is 0 Å². The number of pyridine rings is 1. The summed E-state index contributed by atoms with van der Waals surface area (Å²) in [5.74, 6) is -0.118. The van der Waals surface area contributed by atoms with Crippen LogP contribution in [0, 0.1) is 6.92 Å². The average Bonchev–Trinajstić information content (AvgIpc) is 3.06. The molecule has 1 aromatic carbocycles. The molecule has 0 radical (unpaired) electrons. The zero-order chi connectivity index (χ0) is 19.7. The van der Waals surface area contributed by atoms with Crippen molar-refractivity contribution in [2.75, 3.05) is 30.4 Å². The highest BCUT2D eigenvalue weighted by atomic mass is 16.2. The predicted molar refractivity (Wildman–Crippen MR) is 107 cm³/mol. The molecule has 0 bridgehead atoms. The van der Waals surface area contributed by atoms with Crippen LogP contribution in [0.2, 0.25) is 0 Å². The largest absolute Gasteiger partial charge is 0.373 e. The summed E-state index contributed by atoms with van der Waals surface area (Å²) >= 11 is 0. The van der Waals surface area contributed by atoms with Gasteiger partial charge in [-0.3, -0.25) is 14.4 Å². The summed E-state index contributed by atoms with van der Waals surface area (Å²) in [5.41, 5.74) is 3.29. The van der Waals surface area contributed by atoms with Gasteiger partial charge in [0.1, 0.15) is 5.69 Å². The molecular formula is C21H25N3O3. The lowest BCUT2D eigenvalue weighted by molar-refractivity contribution is -0.117. The van der Waals surface area contributed by atoms with Crippen LogP contribution in [-0.4, -0.2) is 37.3 Å². The fourth-order valence-electron chi connectivity index (χ4n) is 3.74. The smallest absolute Gasteiger partial charge is 0.272 e. The molecule has 6 heteroatoms. The number of nitrogens with one attached hydrogen (secondary N) is 1. The van der Waals surface area contributed by atoms with E-state index < -0.39 is 0 Å². The van der Waals surface area contributed by atoms with Gasteiger partial charge in [0.15, 0.2) is 5.78 Å². The number of aromatic nitrogens is 1. The van der Waals surface area contributed by atoms with Crippen LogP contribution in [0.4, 0.5) is 11.4 Å². The number of carbonyl (C=O) groups excluding carboxylic acids is 2. The van der Waals surface area contributed by atoms with Crippen molar-refractivity contribution in [3.05, 3.63) is 57.0 Å². The topological polar surface area (TPSA) is 73.5 Å². The number of hydrogen-bond acceptors (Lipinski definition) is 4. The Morgan fingerprint density at radius 1 is 1.26 bits per heavy atom. The standard InChI is InChI=1S/C21H25N3O3/c1-5-16-13(2)22-21(27)19(23(3)4)18(16)20(26)14-8-6-9-15(12-14)24-11-7-10-17(24)25/h6,8-9,12H,5,7,10-11H2,1-4H3,(H,22,27). The first kappa shape index (κ1) is 18.9. The summed E-state index contributed by atoms with van der Waals surface area (Å²) in [6.07, 6.45) is 2.00. The maximum absolute atomic E-state index is 13.4. The minimum atomic E-state index is -0.274. The third-order valence-corrected chi connectivity index (χ3v) is 5.03. The number of ketones is 1. The van der Waals surface area contributed by atoms with Gasteiger partial charge in [-0.2, -0.15) is 0 Å². The molecule has 1 N–H and O–H groups in total. The van der Waals surface area contributed by atoms with Gasteiger partial charge in [0, 0.05) is 44.0 Å². The third-order valence-electron chi connectivity index (χ3n) is 5.03. The molecule has 0 unspecified atom stereocenters. The first-order valence-corrected chi connectivity index (χ1v) is 9.23. The molecule has 2 heterocycles. The van der Waals surface area contributed by atoms with Crippen LogP contribution in [0.1, 0.15) is 46.9 Å². The van der Waals surface area contributed by atoms with Gasteiger partial charge in [0.25, 0.3) is 5.56 Å². The molecule has 6 nitrogen and oxygen atoms in total. The average molecular weight is 367 g/mol. The van der Waals surface area contributed by atoms with Crippen molar-refractivity contribution in [2.45, 2.75) is 33.1 Å². The fourth-order valence-corrected chi connectivity index (χ4v) is 3.74. The van der Waals surface area contributed by atoms with E-state index in [0.29, 0.717) is 41.9 Å². The van der Waals surface area contributed by atoms with Gasteiger partial charge in [-0.15, -0.1) is 0 Å². The maximum atomic E-state index is 13.4. The second-order valence-electron chi connectivity index (χ2n) is 7.06. The van der Waals surface area contributed by atoms with Crippen LogP contribution in [0.25, 0.3) is 0 Å². The Bertz CT molecular complexity index is 960. The summed E-state index contributed by atoms with van der Waals surface area (Å²) in [7, 11) is 3.52. The molecule has 0 spiro atoms. The molecule has 1 saturated heterocycles. The normalized spacial score (nSPS) is 13.9. The van der Waals surface area contributed by atoms with E-state index >= 15 is 0 Å². The highest BCUT2D eigenvalue weighted by molar-refractivity contribution is 6.14. The summed E-state index contributed by atoms with van der Waals surface area (Å²) in [6.45, 7) is 4.45. The van der Waals surface area contributed by atoms with Gasteiger partial charge >= 0.3 is 0 Å². The number of benzene rings is 1. The lowest BCUT2D eigenvalue weighted by Gasteiger charge is -2.21. The van der Waals surface area contributed by atoms with Gasteiger partial charge in [0.2, 0.25) is 5.91 Å². The van der Waals surface area contributed by atoms with Crippen LogP contribution >= 0.6 is 0 Å². The van der Waals surface area contributed by atoms with Crippen molar-refractivity contribution >= 4 is 23.1 Å². The fraction of sp³-hybridized carbons (Fsp3) is 0.381. The van der Waals surface area contributed by atoms with Crippen molar-refractivity contribution in [3.63, 3.8) is 0 Å². The number of anilines is 2. The lowest BCUT2D eigenvalue weighted by Crippen LogP contribution is -2.27. The first-order chi connectivity index (χ1) is 12.8. The van der Waals surface area contributed by atoms with E-state index in [1.54, 1.807) is 42.1 Å². The molecule has 2 aromatic rings. The summed E-state index contributed by atoms with van der Waals surface area (Å²) in [5, 5.41) is 0. The van der Waals surface area contributed by atoms with Crippen LogP contribution in [-0.2, 0) is 11.2 Å². The molecule has 0 atom stereocenters. The zero-order valence-electron chi connectivity index (χ0n) is 16.3. The number of carbonyl (C=O) groups is 2. The Morgan fingerprint density at radius 3 is 2.59 bits per heavy atom. The van der Waals surface area contributed by atoms with E-state index in [2.05, 4.69) is 4.98 Å².